The SMILES string of the molecule is O=C(O)Cn1cc(-c2cccc(F)c2Cl)c(=O)n(CC2COC2)c1=O. The number of ether oxygens (including phenoxy) is 1. The van der Waals surface area contributed by atoms with Crippen molar-refractivity contribution < 1.29 is 19.0 Å². The van der Waals surface area contributed by atoms with Crippen LogP contribution in [0, 0.1) is 11.7 Å². The zero-order chi connectivity index (χ0) is 18.1. The predicted molar refractivity (Wildman–Crippen MR) is 87.3 cm³/mol. The molecule has 3 rings (SSSR count). The van der Waals surface area contributed by atoms with Crippen LogP contribution in [-0.2, 0) is 22.6 Å². The van der Waals surface area contributed by atoms with Crippen LogP contribution in [0.15, 0.2) is 34.0 Å². The Balaban J connectivity index is 2.21. The average molecular weight is 369 g/mol. The van der Waals surface area contributed by atoms with Gasteiger partial charge in [0.1, 0.15) is 12.4 Å². The Morgan fingerprint density at radius 1 is 1.32 bits per heavy atom. The molecule has 1 aromatic carbocycles. The maximum absolute atomic E-state index is 13.7. The van der Waals surface area contributed by atoms with Gasteiger partial charge in [0.25, 0.3) is 5.56 Å². The average Bonchev–Trinajstić information content (AvgIpc) is 2.51. The lowest BCUT2D eigenvalue weighted by atomic mass is 10.1. The number of benzene rings is 1. The molecule has 9 heteroatoms. The van der Waals surface area contributed by atoms with Crippen LogP contribution in [0.5, 0.6) is 0 Å². The van der Waals surface area contributed by atoms with Crippen molar-refractivity contribution in [2.45, 2.75) is 13.1 Å². The fourth-order valence-electron chi connectivity index (χ4n) is 2.62. The summed E-state index contributed by atoms with van der Waals surface area (Å²) in [6.07, 6.45) is 1.10. The Morgan fingerprint density at radius 3 is 2.64 bits per heavy atom. The molecule has 1 aliphatic rings. The van der Waals surface area contributed by atoms with Gasteiger partial charge in [-0.05, 0) is 6.07 Å². The first-order valence-electron chi connectivity index (χ1n) is 7.46. The maximum atomic E-state index is 13.7. The fourth-order valence-corrected chi connectivity index (χ4v) is 2.85. The van der Waals surface area contributed by atoms with Crippen LogP contribution < -0.4 is 11.2 Å². The second-order valence-electron chi connectivity index (χ2n) is 5.77. The molecule has 2 aromatic rings. The number of carbonyl (C=O) groups is 1. The second-order valence-corrected chi connectivity index (χ2v) is 6.15. The van der Waals surface area contributed by atoms with Crippen molar-refractivity contribution in [3.05, 3.63) is 56.1 Å². The molecule has 25 heavy (non-hydrogen) atoms. The highest BCUT2D eigenvalue weighted by Crippen LogP contribution is 2.27. The molecule has 1 fully saturated rings. The van der Waals surface area contributed by atoms with Gasteiger partial charge >= 0.3 is 11.7 Å². The summed E-state index contributed by atoms with van der Waals surface area (Å²) in [6.45, 7) is 0.295. The third-order valence-corrected chi connectivity index (χ3v) is 4.32. The Bertz CT molecular complexity index is 949. The molecule has 1 aromatic heterocycles. The number of aromatic nitrogens is 2. The van der Waals surface area contributed by atoms with E-state index in [1.165, 1.54) is 12.1 Å². The smallest absolute Gasteiger partial charge is 0.331 e. The van der Waals surface area contributed by atoms with E-state index in [0.29, 0.717) is 13.2 Å². The third-order valence-electron chi connectivity index (χ3n) is 3.93. The number of carboxylic acids is 1. The van der Waals surface area contributed by atoms with Gasteiger partial charge in [-0.1, -0.05) is 23.7 Å². The summed E-state index contributed by atoms with van der Waals surface area (Å²) in [7, 11) is 0. The highest BCUT2D eigenvalue weighted by molar-refractivity contribution is 6.33. The number of carboxylic acid groups (broad SMARTS) is 1. The number of nitrogens with zero attached hydrogens (tertiary/aromatic N) is 2. The summed E-state index contributed by atoms with van der Waals surface area (Å²) in [4.78, 5) is 36.2. The normalized spacial score (nSPS) is 14.3. The van der Waals surface area contributed by atoms with Gasteiger partial charge in [-0.15, -0.1) is 0 Å². The van der Waals surface area contributed by atoms with E-state index < -0.39 is 29.6 Å². The van der Waals surface area contributed by atoms with Crippen molar-refractivity contribution in [2.24, 2.45) is 5.92 Å². The molecule has 7 nitrogen and oxygen atoms in total. The summed E-state index contributed by atoms with van der Waals surface area (Å²) < 4.78 is 20.6. The maximum Gasteiger partial charge on any atom is 0.331 e. The molecule has 0 unspecified atom stereocenters. The highest BCUT2D eigenvalue weighted by atomic mass is 35.5. The van der Waals surface area contributed by atoms with Crippen molar-refractivity contribution in [3.8, 4) is 11.1 Å². The van der Waals surface area contributed by atoms with Crippen LogP contribution in [0.1, 0.15) is 0 Å². The molecule has 2 heterocycles. The summed E-state index contributed by atoms with van der Waals surface area (Å²) in [5.41, 5.74) is -1.32. The van der Waals surface area contributed by atoms with E-state index in [2.05, 4.69) is 0 Å². The van der Waals surface area contributed by atoms with Gasteiger partial charge in [-0.2, -0.15) is 0 Å². The predicted octanol–water partition coefficient (Wildman–Crippen LogP) is 1.20. The lowest BCUT2D eigenvalue weighted by Gasteiger charge is -2.26. The molecule has 0 aliphatic carbocycles. The first-order valence-corrected chi connectivity index (χ1v) is 7.84. The van der Waals surface area contributed by atoms with Gasteiger partial charge in [0.15, 0.2) is 0 Å². The van der Waals surface area contributed by atoms with E-state index in [4.69, 9.17) is 21.4 Å². The van der Waals surface area contributed by atoms with E-state index >= 15 is 0 Å². The van der Waals surface area contributed by atoms with Gasteiger partial charge in [-0.25, -0.2) is 9.18 Å². The van der Waals surface area contributed by atoms with Gasteiger partial charge in [0.05, 0.1) is 23.8 Å². The molecule has 1 N–H and O–H groups in total. The Morgan fingerprint density at radius 2 is 2.04 bits per heavy atom. The van der Waals surface area contributed by atoms with Crippen LogP contribution >= 0.6 is 11.6 Å². The minimum Gasteiger partial charge on any atom is -0.480 e. The lowest BCUT2D eigenvalue weighted by molar-refractivity contribution is -0.137. The standard InChI is InChI=1S/C16H14ClFN2O5/c17-14-10(2-1-3-12(14)18)11-5-19(6-13(21)22)16(24)20(15(11)23)4-9-7-25-8-9/h1-3,5,9H,4,6-8H2,(H,21,22). The zero-order valence-corrected chi connectivity index (χ0v) is 13.7. The van der Waals surface area contributed by atoms with E-state index in [1.807, 2.05) is 0 Å². The third kappa shape index (κ3) is 3.35. The van der Waals surface area contributed by atoms with Crippen molar-refractivity contribution in [3.63, 3.8) is 0 Å². The second kappa shape index (κ2) is 6.81. The lowest BCUT2D eigenvalue weighted by Crippen LogP contribution is -2.45. The molecule has 0 amide bonds. The molecule has 1 saturated heterocycles. The van der Waals surface area contributed by atoms with Gasteiger partial charge < -0.3 is 9.84 Å². The van der Waals surface area contributed by atoms with Gasteiger partial charge in [0, 0.05) is 24.2 Å². The number of hydrogen-bond acceptors (Lipinski definition) is 4. The van der Waals surface area contributed by atoms with E-state index in [0.717, 1.165) is 21.4 Å². The van der Waals surface area contributed by atoms with Crippen LogP contribution in [0.4, 0.5) is 4.39 Å². The van der Waals surface area contributed by atoms with Crippen LogP contribution in [0.25, 0.3) is 11.1 Å². The quantitative estimate of drug-likeness (QED) is 0.856. The molecule has 0 bridgehead atoms. The van der Waals surface area contributed by atoms with Crippen LogP contribution in [0.2, 0.25) is 5.02 Å². The Labute approximate surface area is 145 Å². The zero-order valence-electron chi connectivity index (χ0n) is 12.9. The molecule has 1 aliphatic heterocycles. The fraction of sp³-hybridized carbons (Fsp3) is 0.312. The number of rotatable bonds is 5. The molecular weight excluding hydrogens is 355 g/mol. The number of hydrogen-bond donors (Lipinski definition) is 1. The van der Waals surface area contributed by atoms with Crippen molar-refractivity contribution >= 4 is 17.6 Å². The van der Waals surface area contributed by atoms with Crippen LogP contribution in [-0.4, -0.2) is 33.4 Å². The molecule has 132 valence electrons. The molecule has 0 saturated carbocycles. The molecular formula is C16H14ClFN2O5. The first-order chi connectivity index (χ1) is 11.9. The summed E-state index contributed by atoms with van der Waals surface area (Å²) in [5.74, 6) is -1.97. The first kappa shape index (κ1) is 17.4. The molecule has 0 spiro atoms. The summed E-state index contributed by atoms with van der Waals surface area (Å²) in [6, 6.07) is 3.96. The highest BCUT2D eigenvalue weighted by Gasteiger charge is 2.23. The summed E-state index contributed by atoms with van der Waals surface area (Å²) >= 11 is 5.95. The van der Waals surface area contributed by atoms with Crippen molar-refractivity contribution in [1.82, 2.24) is 9.13 Å². The Hall–Kier alpha value is -2.45. The topological polar surface area (TPSA) is 90.5 Å². The van der Waals surface area contributed by atoms with Gasteiger partial charge in [0.2, 0.25) is 0 Å². The summed E-state index contributed by atoms with van der Waals surface area (Å²) in [5, 5.41) is 8.73. The van der Waals surface area contributed by atoms with Gasteiger partial charge in [-0.3, -0.25) is 18.7 Å². The molecule has 0 atom stereocenters. The van der Waals surface area contributed by atoms with Crippen molar-refractivity contribution in [1.29, 1.82) is 0 Å². The largest absolute Gasteiger partial charge is 0.480 e. The minimum absolute atomic E-state index is 0.0121. The van der Waals surface area contributed by atoms with Crippen molar-refractivity contribution in [2.75, 3.05) is 13.2 Å². The number of halogens is 2. The molecule has 0 radical (unpaired) electrons. The van der Waals surface area contributed by atoms with Crippen LogP contribution in [0.3, 0.4) is 0 Å². The van der Waals surface area contributed by atoms with E-state index in [1.54, 1.807) is 0 Å². The number of aliphatic carboxylic acids is 1. The Kier molecular flexibility index (Phi) is 4.73. The van der Waals surface area contributed by atoms with E-state index in [-0.39, 0.29) is 28.6 Å². The monoisotopic (exact) mass is 368 g/mol. The van der Waals surface area contributed by atoms with E-state index in [9.17, 15) is 18.8 Å². The minimum atomic E-state index is -1.24.